The third kappa shape index (κ3) is 2.92. The zero-order valence-electron chi connectivity index (χ0n) is 13.8. The van der Waals surface area contributed by atoms with Crippen LogP contribution in [0.3, 0.4) is 0 Å². The third-order valence-corrected chi connectivity index (χ3v) is 4.92. The topological polar surface area (TPSA) is 52.6 Å². The van der Waals surface area contributed by atoms with Gasteiger partial charge < -0.3 is 0 Å². The van der Waals surface area contributed by atoms with Gasteiger partial charge in [-0.15, -0.1) is 0 Å². The van der Waals surface area contributed by atoms with Gasteiger partial charge in [0.1, 0.15) is 5.82 Å². The number of nitrogens with one attached hydrogen (secondary N) is 1. The highest BCUT2D eigenvalue weighted by molar-refractivity contribution is 5.93. The Bertz CT molecular complexity index is 759. The maximum absolute atomic E-state index is 14.5. The average molecular weight is 328 g/mol. The van der Waals surface area contributed by atoms with Crippen LogP contribution in [0.15, 0.2) is 42.5 Å². The number of fused-ring (bicyclic) bond motifs is 1. The minimum atomic E-state index is -0.691. The minimum absolute atomic E-state index is 0.143. The summed E-state index contributed by atoms with van der Waals surface area (Å²) in [7, 11) is 0. The Morgan fingerprint density at radius 2 is 1.96 bits per heavy atom. The van der Waals surface area contributed by atoms with Crippen LogP contribution in [0.4, 0.5) is 4.39 Å². The van der Waals surface area contributed by atoms with E-state index in [4.69, 9.17) is 5.21 Å². The number of nitrogens with zero attached hydrogens (tertiary/aromatic N) is 1. The fourth-order valence-corrected chi connectivity index (χ4v) is 3.32. The van der Waals surface area contributed by atoms with E-state index in [9.17, 15) is 9.18 Å². The molecular weight excluding hydrogens is 307 g/mol. The van der Waals surface area contributed by atoms with Gasteiger partial charge in [-0.25, -0.2) is 9.87 Å². The molecule has 0 atom stereocenters. The molecule has 0 unspecified atom stereocenters. The summed E-state index contributed by atoms with van der Waals surface area (Å²) in [5.74, 6) is -1.09. The van der Waals surface area contributed by atoms with Crippen molar-refractivity contribution in [1.82, 2.24) is 10.4 Å². The standard InChI is InChI=1S/C19H21FN2O2/c1-19(2,15-6-4-3-5-7-15)22-9-8-13-10-14(18(23)21-24)11-17(20)16(13)12-22/h3-7,10-11,24H,8-9,12H2,1-2H3,(H,21,23). The minimum Gasteiger partial charge on any atom is -0.289 e. The Morgan fingerprint density at radius 1 is 1.25 bits per heavy atom. The second-order valence-corrected chi connectivity index (χ2v) is 6.63. The molecule has 4 nitrogen and oxygen atoms in total. The number of benzene rings is 2. The van der Waals surface area contributed by atoms with Crippen molar-refractivity contribution in [2.75, 3.05) is 6.54 Å². The lowest BCUT2D eigenvalue weighted by Gasteiger charge is -2.42. The van der Waals surface area contributed by atoms with E-state index in [1.165, 1.54) is 11.6 Å². The summed E-state index contributed by atoms with van der Waals surface area (Å²) in [6.07, 6.45) is 0.662. The van der Waals surface area contributed by atoms with Crippen LogP contribution < -0.4 is 5.48 Å². The van der Waals surface area contributed by atoms with Crippen LogP contribution in [0, 0.1) is 5.82 Å². The molecule has 2 aromatic carbocycles. The fourth-order valence-electron chi connectivity index (χ4n) is 3.32. The van der Waals surface area contributed by atoms with Crippen molar-refractivity contribution in [1.29, 1.82) is 0 Å². The smallest absolute Gasteiger partial charge is 0.274 e. The molecule has 1 heterocycles. The molecule has 126 valence electrons. The Labute approximate surface area is 140 Å². The van der Waals surface area contributed by atoms with Gasteiger partial charge in [0.25, 0.3) is 5.91 Å². The molecule has 1 amide bonds. The second kappa shape index (κ2) is 6.34. The van der Waals surface area contributed by atoms with Crippen molar-refractivity contribution in [3.8, 4) is 0 Å². The van der Waals surface area contributed by atoms with Gasteiger partial charge in [0.15, 0.2) is 0 Å². The zero-order valence-corrected chi connectivity index (χ0v) is 13.8. The van der Waals surface area contributed by atoms with Gasteiger partial charge in [-0.05, 0) is 43.5 Å². The number of hydroxylamine groups is 1. The van der Waals surface area contributed by atoms with Gasteiger partial charge in [0.05, 0.1) is 0 Å². The molecule has 3 rings (SSSR count). The van der Waals surface area contributed by atoms with Gasteiger partial charge >= 0.3 is 0 Å². The van der Waals surface area contributed by atoms with Crippen LogP contribution in [0.2, 0.25) is 0 Å². The number of hydrogen-bond acceptors (Lipinski definition) is 3. The van der Waals surface area contributed by atoms with Crippen molar-refractivity contribution in [2.45, 2.75) is 32.4 Å². The van der Waals surface area contributed by atoms with E-state index >= 15 is 0 Å². The van der Waals surface area contributed by atoms with Crippen LogP contribution in [0.25, 0.3) is 0 Å². The van der Waals surface area contributed by atoms with E-state index in [0.29, 0.717) is 18.5 Å². The molecule has 1 aliphatic heterocycles. The van der Waals surface area contributed by atoms with Crippen LogP contribution in [-0.4, -0.2) is 22.6 Å². The summed E-state index contributed by atoms with van der Waals surface area (Å²) in [5, 5.41) is 8.73. The number of rotatable bonds is 3. The molecule has 0 radical (unpaired) electrons. The lowest BCUT2D eigenvalue weighted by atomic mass is 9.88. The molecule has 24 heavy (non-hydrogen) atoms. The van der Waals surface area contributed by atoms with Crippen molar-refractivity contribution in [3.05, 3.63) is 70.5 Å². The van der Waals surface area contributed by atoms with Crippen molar-refractivity contribution >= 4 is 5.91 Å². The molecule has 0 fully saturated rings. The zero-order chi connectivity index (χ0) is 17.3. The molecule has 5 heteroatoms. The maximum atomic E-state index is 14.5. The summed E-state index contributed by atoms with van der Waals surface area (Å²) >= 11 is 0. The number of carbonyl (C=O) groups excluding carboxylic acids is 1. The highest BCUT2D eigenvalue weighted by Gasteiger charge is 2.32. The number of amides is 1. The molecule has 0 saturated heterocycles. The Hall–Kier alpha value is -2.24. The molecule has 0 saturated carbocycles. The molecule has 0 aliphatic carbocycles. The van der Waals surface area contributed by atoms with Crippen molar-refractivity contribution in [3.63, 3.8) is 0 Å². The fraction of sp³-hybridized carbons (Fsp3) is 0.316. The molecule has 0 spiro atoms. The van der Waals surface area contributed by atoms with E-state index in [-0.39, 0.29) is 11.1 Å². The normalized spacial score (nSPS) is 15.0. The first kappa shape index (κ1) is 16.6. The van der Waals surface area contributed by atoms with Crippen molar-refractivity contribution in [2.24, 2.45) is 0 Å². The largest absolute Gasteiger partial charge is 0.289 e. The number of hydrogen-bond donors (Lipinski definition) is 2. The van der Waals surface area contributed by atoms with Gasteiger partial charge in [-0.3, -0.25) is 14.9 Å². The van der Waals surface area contributed by atoms with E-state index in [1.54, 1.807) is 11.5 Å². The lowest BCUT2D eigenvalue weighted by Crippen LogP contribution is -2.44. The summed E-state index contributed by atoms with van der Waals surface area (Å²) in [4.78, 5) is 13.8. The lowest BCUT2D eigenvalue weighted by molar-refractivity contribution is 0.0704. The van der Waals surface area contributed by atoms with E-state index < -0.39 is 11.7 Å². The highest BCUT2D eigenvalue weighted by Crippen LogP contribution is 2.33. The Kier molecular flexibility index (Phi) is 4.39. The van der Waals surface area contributed by atoms with Gasteiger partial charge in [0, 0.05) is 29.8 Å². The molecule has 0 aromatic heterocycles. The first-order chi connectivity index (χ1) is 11.4. The first-order valence-electron chi connectivity index (χ1n) is 8.00. The third-order valence-electron chi connectivity index (χ3n) is 4.92. The van der Waals surface area contributed by atoms with Gasteiger partial charge in [0.2, 0.25) is 0 Å². The van der Waals surface area contributed by atoms with Gasteiger partial charge in [-0.1, -0.05) is 30.3 Å². The predicted molar refractivity (Wildman–Crippen MR) is 89.2 cm³/mol. The van der Waals surface area contributed by atoms with Crippen LogP contribution in [-0.2, 0) is 18.5 Å². The average Bonchev–Trinajstić information content (AvgIpc) is 2.61. The summed E-state index contributed by atoms with van der Waals surface area (Å²) < 4.78 is 14.5. The monoisotopic (exact) mass is 328 g/mol. The van der Waals surface area contributed by atoms with E-state index in [2.05, 4.69) is 30.9 Å². The first-order valence-corrected chi connectivity index (χ1v) is 8.00. The van der Waals surface area contributed by atoms with E-state index in [0.717, 1.165) is 12.1 Å². The second-order valence-electron chi connectivity index (χ2n) is 6.63. The van der Waals surface area contributed by atoms with Crippen LogP contribution >= 0.6 is 0 Å². The number of carbonyl (C=O) groups is 1. The quantitative estimate of drug-likeness (QED) is 0.672. The van der Waals surface area contributed by atoms with E-state index in [1.807, 2.05) is 18.2 Å². The highest BCUT2D eigenvalue weighted by atomic mass is 19.1. The van der Waals surface area contributed by atoms with Crippen LogP contribution in [0.1, 0.15) is 40.9 Å². The van der Waals surface area contributed by atoms with Gasteiger partial charge in [-0.2, -0.15) is 0 Å². The molecule has 0 bridgehead atoms. The predicted octanol–water partition coefficient (Wildman–Crippen LogP) is 3.24. The molecular formula is C19H21FN2O2. The summed E-state index contributed by atoms with van der Waals surface area (Å²) in [5.41, 5.74) is 4.12. The SMILES string of the molecule is CC(C)(c1ccccc1)N1CCc2cc(C(=O)NO)cc(F)c2C1. The van der Waals surface area contributed by atoms with Crippen molar-refractivity contribution < 1.29 is 14.4 Å². The summed E-state index contributed by atoms with van der Waals surface area (Å²) in [6.45, 7) is 5.54. The Morgan fingerprint density at radius 3 is 2.62 bits per heavy atom. The summed E-state index contributed by atoms with van der Waals surface area (Å²) in [6, 6.07) is 13.0. The molecule has 1 aliphatic rings. The van der Waals surface area contributed by atoms with Crippen LogP contribution in [0.5, 0.6) is 0 Å². The maximum Gasteiger partial charge on any atom is 0.274 e. The molecule has 2 aromatic rings. The number of halogens is 1. The Balaban J connectivity index is 1.91. The molecule has 2 N–H and O–H groups in total.